The number of nitriles is 1. The molecule has 0 unspecified atom stereocenters. The maximum Gasteiger partial charge on any atom is 0.142 e. The Morgan fingerprint density at radius 1 is 0.875 bits per heavy atom. The number of ether oxygens (including phenoxy) is 1. The van der Waals surface area contributed by atoms with Gasteiger partial charge in [-0.1, -0.05) is 24.3 Å². The third kappa shape index (κ3) is 3.89. The highest BCUT2D eigenvalue weighted by Gasteiger charge is 2.30. The van der Waals surface area contributed by atoms with Gasteiger partial charge >= 0.3 is 0 Å². The Morgan fingerprint density at radius 3 is 2.16 bits per heavy atom. The third-order valence-electron chi connectivity index (χ3n) is 6.50. The summed E-state index contributed by atoms with van der Waals surface area (Å²) < 4.78 is 19.0. The number of para-hydroxylation sites is 2. The fraction of sp³-hybridized carbons (Fsp3) is 0.296. The Morgan fingerprint density at radius 2 is 1.53 bits per heavy atom. The highest BCUT2D eigenvalue weighted by atomic mass is 19.1. The van der Waals surface area contributed by atoms with Crippen LogP contribution in [0.3, 0.4) is 0 Å². The van der Waals surface area contributed by atoms with Crippen molar-refractivity contribution in [1.82, 2.24) is 0 Å². The summed E-state index contributed by atoms with van der Waals surface area (Å²) in [5.41, 5.74) is 6.06. The topological polar surface area (TPSA) is 39.5 Å². The van der Waals surface area contributed by atoms with Crippen LogP contribution in [0.5, 0.6) is 5.75 Å². The molecule has 1 aliphatic carbocycles. The molecule has 4 nitrogen and oxygen atoms in total. The number of rotatable bonds is 5. The standard InChI is InChI=1S/C27H26FN3O/c1-32-27-5-3-2-4-25(27)30-12-14-31(15-13-30)26-17-21(19-8-10-22(28)11-9-19)16-23(20-6-7-20)24(26)18-29/h2-5,8-11,16-17,20H,6-7,12-15H2,1H3. The first-order valence-electron chi connectivity index (χ1n) is 11.1. The number of piperazine rings is 1. The van der Waals surface area contributed by atoms with Crippen LogP contribution in [0.1, 0.15) is 29.9 Å². The van der Waals surface area contributed by atoms with E-state index in [-0.39, 0.29) is 5.82 Å². The Kier molecular flexibility index (Phi) is 5.45. The Hall–Kier alpha value is -3.52. The quantitative estimate of drug-likeness (QED) is 0.533. The lowest BCUT2D eigenvalue weighted by Gasteiger charge is -2.38. The van der Waals surface area contributed by atoms with E-state index in [2.05, 4.69) is 34.1 Å². The number of nitrogens with zero attached hydrogens (tertiary/aromatic N) is 3. The molecule has 0 N–H and O–H groups in total. The molecule has 3 aromatic rings. The fourth-order valence-electron chi connectivity index (χ4n) is 4.62. The predicted molar refractivity (Wildman–Crippen MR) is 126 cm³/mol. The van der Waals surface area contributed by atoms with E-state index in [9.17, 15) is 9.65 Å². The zero-order valence-electron chi connectivity index (χ0n) is 18.2. The second-order valence-corrected chi connectivity index (χ2v) is 8.50. The third-order valence-corrected chi connectivity index (χ3v) is 6.50. The summed E-state index contributed by atoms with van der Waals surface area (Å²) >= 11 is 0. The van der Waals surface area contributed by atoms with Crippen LogP contribution in [0, 0.1) is 17.1 Å². The summed E-state index contributed by atoms with van der Waals surface area (Å²) in [6.07, 6.45) is 2.26. The van der Waals surface area contributed by atoms with Gasteiger partial charge in [0, 0.05) is 26.2 Å². The average Bonchev–Trinajstić information content (AvgIpc) is 3.69. The zero-order valence-corrected chi connectivity index (χ0v) is 18.2. The van der Waals surface area contributed by atoms with Crippen LogP contribution in [-0.2, 0) is 0 Å². The number of methoxy groups -OCH3 is 1. The molecule has 0 radical (unpaired) electrons. The first-order chi connectivity index (χ1) is 15.7. The molecule has 1 heterocycles. The average molecular weight is 428 g/mol. The van der Waals surface area contributed by atoms with E-state index in [4.69, 9.17) is 4.74 Å². The molecule has 0 atom stereocenters. The van der Waals surface area contributed by atoms with E-state index in [0.717, 1.165) is 78.4 Å². The highest BCUT2D eigenvalue weighted by Crippen LogP contribution is 2.45. The largest absolute Gasteiger partial charge is 0.495 e. The lowest BCUT2D eigenvalue weighted by Crippen LogP contribution is -2.47. The van der Waals surface area contributed by atoms with Crippen molar-refractivity contribution in [2.24, 2.45) is 0 Å². The van der Waals surface area contributed by atoms with Crippen LogP contribution < -0.4 is 14.5 Å². The molecule has 2 fully saturated rings. The summed E-state index contributed by atoms with van der Waals surface area (Å²) in [7, 11) is 1.70. The van der Waals surface area contributed by atoms with Gasteiger partial charge in [0.1, 0.15) is 17.6 Å². The van der Waals surface area contributed by atoms with Crippen molar-refractivity contribution in [2.45, 2.75) is 18.8 Å². The number of benzene rings is 3. The number of hydrogen-bond acceptors (Lipinski definition) is 4. The van der Waals surface area contributed by atoms with Crippen molar-refractivity contribution in [3.63, 3.8) is 0 Å². The molecule has 0 aromatic heterocycles. The summed E-state index contributed by atoms with van der Waals surface area (Å²) in [5.74, 6) is 1.10. The highest BCUT2D eigenvalue weighted by molar-refractivity contribution is 5.76. The SMILES string of the molecule is COc1ccccc1N1CCN(c2cc(-c3ccc(F)cc3)cc(C3CC3)c2C#N)CC1. The molecule has 0 amide bonds. The number of halogens is 1. The minimum Gasteiger partial charge on any atom is -0.495 e. The molecule has 162 valence electrons. The minimum atomic E-state index is -0.238. The summed E-state index contributed by atoms with van der Waals surface area (Å²) in [4.78, 5) is 4.66. The van der Waals surface area contributed by atoms with E-state index < -0.39 is 0 Å². The maximum absolute atomic E-state index is 13.5. The molecule has 0 spiro atoms. The number of hydrogen-bond donors (Lipinski definition) is 0. The first-order valence-corrected chi connectivity index (χ1v) is 11.1. The second kappa shape index (κ2) is 8.55. The molecule has 1 aliphatic heterocycles. The van der Waals surface area contributed by atoms with Gasteiger partial charge < -0.3 is 14.5 Å². The Bertz CT molecular complexity index is 1160. The lowest BCUT2D eigenvalue weighted by molar-refractivity contribution is 0.413. The zero-order chi connectivity index (χ0) is 22.1. The van der Waals surface area contributed by atoms with Crippen LogP contribution in [0.4, 0.5) is 15.8 Å². The fourth-order valence-corrected chi connectivity index (χ4v) is 4.62. The van der Waals surface area contributed by atoms with E-state index in [0.29, 0.717) is 5.92 Å². The Balaban J connectivity index is 1.46. The van der Waals surface area contributed by atoms with Crippen molar-refractivity contribution >= 4 is 11.4 Å². The summed E-state index contributed by atoms with van der Waals surface area (Å²) in [5, 5.41) is 10.0. The van der Waals surface area contributed by atoms with Crippen molar-refractivity contribution in [1.29, 1.82) is 5.26 Å². The van der Waals surface area contributed by atoms with Gasteiger partial charge in [-0.2, -0.15) is 5.26 Å². The molecule has 1 saturated carbocycles. The minimum absolute atomic E-state index is 0.238. The van der Waals surface area contributed by atoms with Crippen molar-refractivity contribution in [3.8, 4) is 22.9 Å². The summed E-state index contributed by atoms with van der Waals surface area (Å²) in [6, 6.07) is 21.5. The van der Waals surface area contributed by atoms with Crippen molar-refractivity contribution in [2.75, 3.05) is 43.1 Å². The van der Waals surface area contributed by atoms with Gasteiger partial charge in [0.2, 0.25) is 0 Å². The van der Waals surface area contributed by atoms with E-state index in [1.807, 2.05) is 30.3 Å². The van der Waals surface area contributed by atoms with Crippen LogP contribution in [0.2, 0.25) is 0 Å². The molecule has 5 rings (SSSR count). The van der Waals surface area contributed by atoms with Crippen LogP contribution in [-0.4, -0.2) is 33.3 Å². The Labute approximate surface area is 188 Å². The second-order valence-electron chi connectivity index (χ2n) is 8.50. The molecular weight excluding hydrogens is 401 g/mol. The molecule has 32 heavy (non-hydrogen) atoms. The molecule has 1 saturated heterocycles. The molecule has 2 aliphatic rings. The normalized spacial score (nSPS) is 16.0. The predicted octanol–water partition coefficient (Wildman–Crippen LogP) is 5.58. The van der Waals surface area contributed by atoms with E-state index in [1.54, 1.807) is 7.11 Å². The first kappa shape index (κ1) is 20.4. The van der Waals surface area contributed by atoms with Gasteiger partial charge in [-0.05, 0) is 71.8 Å². The van der Waals surface area contributed by atoms with Gasteiger partial charge in [0.25, 0.3) is 0 Å². The van der Waals surface area contributed by atoms with E-state index >= 15 is 0 Å². The lowest BCUT2D eigenvalue weighted by atomic mass is 9.94. The van der Waals surface area contributed by atoms with Crippen molar-refractivity contribution < 1.29 is 9.13 Å². The molecule has 0 bridgehead atoms. The van der Waals surface area contributed by atoms with Crippen LogP contribution >= 0.6 is 0 Å². The summed E-state index contributed by atoms with van der Waals surface area (Å²) in [6.45, 7) is 3.35. The number of anilines is 2. The van der Waals surface area contributed by atoms with Crippen LogP contribution in [0.15, 0.2) is 60.7 Å². The molecule has 5 heteroatoms. The maximum atomic E-state index is 13.5. The van der Waals surface area contributed by atoms with Gasteiger partial charge in [0.05, 0.1) is 24.0 Å². The van der Waals surface area contributed by atoms with Crippen LogP contribution in [0.25, 0.3) is 11.1 Å². The van der Waals surface area contributed by atoms with Crippen molar-refractivity contribution in [3.05, 3.63) is 77.6 Å². The smallest absolute Gasteiger partial charge is 0.142 e. The molecular formula is C27H26FN3O. The van der Waals surface area contributed by atoms with Gasteiger partial charge in [-0.25, -0.2) is 4.39 Å². The monoisotopic (exact) mass is 427 g/mol. The van der Waals surface area contributed by atoms with Gasteiger partial charge in [0.15, 0.2) is 0 Å². The van der Waals surface area contributed by atoms with Gasteiger partial charge in [-0.15, -0.1) is 0 Å². The molecule has 3 aromatic carbocycles. The van der Waals surface area contributed by atoms with E-state index in [1.165, 1.54) is 12.1 Å². The van der Waals surface area contributed by atoms with Gasteiger partial charge in [-0.3, -0.25) is 0 Å².